The van der Waals surface area contributed by atoms with Crippen LogP contribution in [0.1, 0.15) is 49.4 Å². The van der Waals surface area contributed by atoms with E-state index in [9.17, 15) is 0 Å². The first kappa shape index (κ1) is 42.7. The van der Waals surface area contributed by atoms with Crippen molar-refractivity contribution < 1.29 is 0 Å². The molecule has 0 fully saturated rings. The molecule has 0 N–H and O–H groups in total. The Morgan fingerprint density at radius 2 is 1.16 bits per heavy atom. The molecule has 0 bridgehead atoms. The summed E-state index contributed by atoms with van der Waals surface area (Å²) in [5.74, 6) is 0. The van der Waals surface area contributed by atoms with Crippen molar-refractivity contribution in [1.29, 1.82) is 0 Å². The summed E-state index contributed by atoms with van der Waals surface area (Å²) in [7, 11) is 0. The third-order valence-electron chi connectivity index (χ3n) is 11.9. The first-order valence-electron chi connectivity index (χ1n) is 22.0. The number of nitrogens with zero attached hydrogens (tertiary/aromatic N) is 2. The summed E-state index contributed by atoms with van der Waals surface area (Å²) in [6.45, 7) is 27.1. The maximum Gasteiger partial charge on any atom is 0.0540 e. The fraction of sp³-hybridized carbons (Fsp3) is 0.0645. The molecular formula is C62H54N2. The minimum Gasteiger partial charge on any atom is -0.311 e. The Bertz CT molecular complexity index is 3120. The van der Waals surface area contributed by atoms with Crippen LogP contribution in [0.4, 0.5) is 22.7 Å². The maximum absolute atomic E-state index is 4.27. The molecule has 8 aromatic rings. The van der Waals surface area contributed by atoms with Gasteiger partial charge in [0, 0.05) is 34.0 Å². The zero-order chi connectivity index (χ0) is 44.7. The summed E-state index contributed by atoms with van der Waals surface area (Å²) in [6.07, 6.45) is 23.1. The Kier molecular flexibility index (Phi) is 12.7. The Hall–Kier alpha value is -7.94. The standard InChI is InChI=1S/C62H54N2/c1-9-20-44-34-35-55(40-43(44)13-5)63(53(22-11-3)23-12-4)56-41-49-32-30-47-38-51(39-48-31-33-50(42-56)62(49)61(47)48)45-26-28-46(29-27-45)59-36-37-60(58(16-8)57(59)15-7)64(52(14-6)21-10-2)54-24-18-17-19-25-54/h9-11,13-42H,2,5-8,12H2,1,3-4H3/b20-9-,22-11-,52-21+,53-23+. The lowest BCUT2D eigenvalue weighted by molar-refractivity contribution is 1.14. The van der Waals surface area contributed by atoms with Gasteiger partial charge in [0.25, 0.3) is 0 Å². The van der Waals surface area contributed by atoms with E-state index in [4.69, 9.17) is 0 Å². The molecule has 0 amide bonds. The lowest BCUT2D eigenvalue weighted by Gasteiger charge is -2.29. The van der Waals surface area contributed by atoms with Crippen LogP contribution in [0.2, 0.25) is 0 Å². The molecule has 64 heavy (non-hydrogen) atoms. The number of anilines is 4. The van der Waals surface area contributed by atoms with E-state index in [1.807, 2.05) is 55.5 Å². The molecule has 0 aliphatic carbocycles. The summed E-state index contributed by atoms with van der Waals surface area (Å²) in [6, 6.07) is 48.6. The summed E-state index contributed by atoms with van der Waals surface area (Å²) in [5, 5.41) is 7.45. The number of hydrogen-bond donors (Lipinski definition) is 0. The van der Waals surface area contributed by atoms with Crippen LogP contribution in [-0.4, -0.2) is 0 Å². The Morgan fingerprint density at radius 1 is 0.516 bits per heavy atom. The van der Waals surface area contributed by atoms with Crippen LogP contribution < -0.4 is 9.80 Å². The smallest absolute Gasteiger partial charge is 0.0540 e. The largest absolute Gasteiger partial charge is 0.311 e. The first-order valence-corrected chi connectivity index (χ1v) is 22.0. The number of benzene rings is 8. The van der Waals surface area contributed by atoms with Crippen molar-refractivity contribution in [3.63, 3.8) is 0 Å². The summed E-state index contributed by atoms with van der Waals surface area (Å²) < 4.78 is 0. The number of para-hydroxylation sites is 1. The minimum absolute atomic E-state index is 0.907. The molecule has 2 nitrogen and oxygen atoms in total. The number of allylic oxidation sites excluding steroid dienone is 7. The van der Waals surface area contributed by atoms with E-state index >= 15 is 0 Å². The molecule has 0 saturated heterocycles. The van der Waals surface area contributed by atoms with E-state index in [0.717, 1.165) is 79.5 Å². The molecule has 0 aliphatic heterocycles. The SMILES string of the molecule is C=C/C=C(\C=C)N(c1ccccc1)c1ccc(-c2ccc(-c3cc4ccc5cc(N(C(/C=C\C)=C/CC)c6ccc(/C=C\C)c(C=C)c6)cc6ccc(c3)c4c56)cc2)c(C=C)c1C=C. The van der Waals surface area contributed by atoms with Crippen molar-refractivity contribution in [2.75, 3.05) is 9.80 Å². The molecule has 8 rings (SSSR count). The maximum atomic E-state index is 4.27. The Labute approximate surface area is 379 Å². The van der Waals surface area contributed by atoms with Gasteiger partial charge >= 0.3 is 0 Å². The van der Waals surface area contributed by atoms with Crippen molar-refractivity contribution >= 4 is 79.4 Å². The Balaban J connectivity index is 1.18. The van der Waals surface area contributed by atoms with E-state index in [2.05, 4.69) is 202 Å². The second-order valence-corrected chi connectivity index (χ2v) is 15.7. The van der Waals surface area contributed by atoms with Gasteiger partial charge in [-0.05, 0) is 164 Å². The third-order valence-corrected chi connectivity index (χ3v) is 11.9. The van der Waals surface area contributed by atoms with Crippen LogP contribution in [0.15, 0.2) is 220 Å². The highest BCUT2D eigenvalue weighted by Gasteiger charge is 2.21. The number of hydrogen-bond acceptors (Lipinski definition) is 2. The average Bonchev–Trinajstić information content (AvgIpc) is 3.33. The molecule has 0 atom stereocenters. The van der Waals surface area contributed by atoms with Crippen molar-refractivity contribution in [3.8, 4) is 22.3 Å². The van der Waals surface area contributed by atoms with Gasteiger partial charge < -0.3 is 9.80 Å². The fourth-order valence-electron chi connectivity index (χ4n) is 9.09. The normalized spacial score (nSPS) is 12.1. The van der Waals surface area contributed by atoms with Crippen LogP contribution in [0.5, 0.6) is 0 Å². The fourth-order valence-corrected chi connectivity index (χ4v) is 9.09. The van der Waals surface area contributed by atoms with Gasteiger partial charge in [0.05, 0.1) is 5.69 Å². The molecule has 312 valence electrons. The third kappa shape index (κ3) is 7.98. The van der Waals surface area contributed by atoms with Gasteiger partial charge in [0.1, 0.15) is 0 Å². The quantitative estimate of drug-likeness (QED) is 0.0707. The average molecular weight is 827 g/mol. The van der Waals surface area contributed by atoms with Crippen LogP contribution in [0.25, 0.3) is 78.9 Å². The highest BCUT2D eigenvalue weighted by molar-refractivity contribution is 6.24. The minimum atomic E-state index is 0.907. The van der Waals surface area contributed by atoms with E-state index in [0.29, 0.717) is 0 Å². The summed E-state index contributed by atoms with van der Waals surface area (Å²) >= 11 is 0. The van der Waals surface area contributed by atoms with E-state index in [1.165, 1.54) is 37.9 Å². The predicted molar refractivity (Wildman–Crippen MR) is 285 cm³/mol. The number of rotatable bonds is 16. The van der Waals surface area contributed by atoms with Crippen LogP contribution in [-0.2, 0) is 0 Å². The molecule has 0 spiro atoms. The van der Waals surface area contributed by atoms with Gasteiger partial charge in [-0.2, -0.15) is 0 Å². The first-order chi connectivity index (χ1) is 31.4. The van der Waals surface area contributed by atoms with Crippen molar-refractivity contribution in [1.82, 2.24) is 0 Å². The lowest BCUT2D eigenvalue weighted by atomic mass is 9.89. The van der Waals surface area contributed by atoms with Gasteiger partial charge in [-0.15, -0.1) is 0 Å². The summed E-state index contributed by atoms with van der Waals surface area (Å²) in [4.78, 5) is 4.55. The lowest BCUT2D eigenvalue weighted by Crippen LogP contribution is -2.16. The topological polar surface area (TPSA) is 6.48 Å². The van der Waals surface area contributed by atoms with Gasteiger partial charge in [0.2, 0.25) is 0 Å². The van der Waals surface area contributed by atoms with Crippen molar-refractivity contribution in [2.24, 2.45) is 0 Å². The molecule has 8 aromatic carbocycles. The zero-order valence-electron chi connectivity index (χ0n) is 37.2. The van der Waals surface area contributed by atoms with Gasteiger partial charge in [-0.1, -0.05) is 167 Å². The molecule has 0 heterocycles. The van der Waals surface area contributed by atoms with E-state index in [-0.39, 0.29) is 0 Å². The van der Waals surface area contributed by atoms with Crippen LogP contribution in [0.3, 0.4) is 0 Å². The van der Waals surface area contributed by atoms with Gasteiger partial charge in [-0.25, -0.2) is 0 Å². The van der Waals surface area contributed by atoms with Crippen molar-refractivity contribution in [3.05, 3.63) is 243 Å². The molecule has 0 unspecified atom stereocenters. The van der Waals surface area contributed by atoms with Gasteiger partial charge in [-0.3, -0.25) is 0 Å². The van der Waals surface area contributed by atoms with Gasteiger partial charge in [0.15, 0.2) is 0 Å². The second kappa shape index (κ2) is 19.0. The van der Waals surface area contributed by atoms with Crippen LogP contribution in [0, 0.1) is 0 Å². The van der Waals surface area contributed by atoms with Crippen LogP contribution >= 0.6 is 0 Å². The predicted octanol–water partition coefficient (Wildman–Crippen LogP) is 18.3. The molecule has 0 aromatic heterocycles. The van der Waals surface area contributed by atoms with E-state index < -0.39 is 0 Å². The molecule has 2 heteroatoms. The molecular weight excluding hydrogens is 773 g/mol. The monoisotopic (exact) mass is 826 g/mol. The highest BCUT2D eigenvalue weighted by atomic mass is 15.2. The van der Waals surface area contributed by atoms with E-state index in [1.54, 1.807) is 6.08 Å². The molecule has 0 saturated carbocycles. The summed E-state index contributed by atoms with van der Waals surface area (Å²) in [5.41, 5.74) is 15.0. The van der Waals surface area contributed by atoms with Crippen molar-refractivity contribution in [2.45, 2.75) is 27.2 Å². The Morgan fingerprint density at radius 3 is 1.72 bits per heavy atom. The highest BCUT2D eigenvalue weighted by Crippen LogP contribution is 2.43. The molecule has 0 aliphatic rings. The zero-order valence-corrected chi connectivity index (χ0v) is 37.2. The second-order valence-electron chi connectivity index (χ2n) is 15.7. The molecule has 0 radical (unpaired) electrons.